The van der Waals surface area contributed by atoms with Crippen LogP contribution in [0.3, 0.4) is 0 Å². The molecule has 0 saturated heterocycles. The van der Waals surface area contributed by atoms with Gasteiger partial charge in [-0.3, -0.25) is 0 Å². The first-order valence-corrected chi connectivity index (χ1v) is 4.39. The van der Waals surface area contributed by atoms with Gasteiger partial charge < -0.3 is 5.21 Å². The molecule has 0 aliphatic heterocycles. The number of aryl methyl sites for hydroxylation is 1. The third-order valence-electron chi connectivity index (χ3n) is 1.66. The summed E-state index contributed by atoms with van der Waals surface area (Å²) < 4.78 is 0.948. The van der Waals surface area contributed by atoms with Crippen LogP contribution in [0.4, 0.5) is 0 Å². The number of nitrogens with zero attached hydrogens (tertiary/aromatic N) is 1. The molecule has 0 atom stereocenters. The second-order valence-corrected chi connectivity index (χ2v) is 3.52. The molecule has 0 saturated carbocycles. The lowest BCUT2D eigenvalue weighted by atomic mass is 10.1. The molecule has 2 nitrogen and oxygen atoms in total. The van der Waals surface area contributed by atoms with Crippen molar-refractivity contribution in [1.82, 2.24) is 0 Å². The van der Waals surface area contributed by atoms with Crippen molar-refractivity contribution in [2.75, 3.05) is 0 Å². The Labute approximate surface area is 80.0 Å². The van der Waals surface area contributed by atoms with E-state index in [0.717, 1.165) is 15.6 Å². The molecule has 0 radical (unpaired) electrons. The fraction of sp³-hybridized carbons (Fsp3) is 0.222. The first-order valence-electron chi connectivity index (χ1n) is 3.60. The Hall–Kier alpha value is -0.830. The van der Waals surface area contributed by atoms with Gasteiger partial charge in [-0.25, -0.2) is 0 Å². The van der Waals surface area contributed by atoms with Gasteiger partial charge >= 0.3 is 0 Å². The summed E-state index contributed by atoms with van der Waals surface area (Å²) >= 11 is 3.38. The molecule has 1 rings (SSSR count). The third-order valence-corrected chi connectivity index (χ3v) is 2.35. The van der Waals surface area contributed by atoms with Crippen molar-refractivity contribution in [1.29, 1.82) is 0 Å². The zero-order valence-corrected chi connectivity index (χ0v) is 8.59. The van der Waals surface area contributed by atoms with E-state index in [4.69, 9.17) is 5.21 Å². The number of benzene rings is 1. The Bertz CT molecular complexity index is 320. The van der Waals surface area contributed by atoms with Gasteiger partial charge in [-0.15, -0.1) is 0 Å². The minimum absolute atomic E-state index is 0.616. The fourth-order valence-corrected chi connectivity index (χ4v) is 1.50. The van der Waals surface area contributed by atoms with Crippen LogP contribution in [0.1, 0.15) is 18.1 Å². The maximum absolute atomic E-state index is 8.57. The Morgan fingerprint density at radius 3 is 2.75 bits per heavy atom. The zero-order chi connectivity index (χ0) is 9.14. The van der Waals surface area contributed by atoms with Crippen molar-refractivity contribution in [3.05, 3.63) is 33.8 Å². The minimum atomic E-state index is 0.616. The van der Waals surface area contributed by atoms with Crippen molar-refractivity contribution in [2.45, 2.75) is 13.8 Å². The highest BCUT2D eigenvalue weighted by Gasteiger charge is 2.02. The molecule has 64 valence electrons. The van der Waals surface area contributed by atoms with Crippen LogP contribution in [-0.4, -0.2) is 10.9 Å². The normalized spacial score (nSPS) is 11.8. The summed E-state index contributed by atoms with van der Waals surface area (Å²) in [5, 5.41) is 11.7. The third kappa shape index (κ3) is 1.85. The van der Waals surface area contributed by atoms with Crippen molar-refractivity contribution in [2.24, 2.45) is 5.16 Å². The second-order valence-electron chi connectivity index (χ2n) is 2.67. The summed E-state index contributed by atoms with van der Waals surface area (Å²) in [6, 6.07) is 5.91. The predicted molar refractivity (Wildman–Crippen MR) is 52.9 cm³/mol. The fourth-order valence-electron chi connectivity index (χ4n) is 0.970. The number of oxime groups is 1. The summed E-state index contributed by atoms with van der Waals surface area (Å²) in [6.45, 7) is 3.76. The average Bonchev–Trinajstić information content (AvgIpc) is 2.08. The van der Waals surface area contributed by atoms with Gasteiger partial charge in [0.1, 0.15) is 0 Å². The summed E-state index contributed by atoms with van der Waals surface area (Å²) in [5.41, 5.74) is 2.69. The minimum Gasteiger partial charge on any atom is -0.411 e. The lowest BCUT2D eigenvalue weighted by molar-refractivity contribution is 0.319. The van der Waals surface area contributed by atoms with Gasteiger partial charge in [-0.1, -0.05) is 32.7 Å². The van der Waals surface area contributed by atoms with Gasteiger partial charge in [0.2, 0.25) is 0 Å². The molecule has 0 bridgehead atoms. The molecule has 3 heteroatoms. The first-order chi connectivity index (χ1) is 5.65. The van der Waals surface area contributed by atoms with Crippen molar-refractivity contribution in [3.8, 4) is 0 Å². The molecule has 12 heavy (non-hydrogen) atoms. The van der Waals surface area contributed by atoms with E-state index in [1.54, 1.807) is 6.92 Å². The number of halogens is 1. The molecular weight excluding hydrogens is 218 g/mol. The van der Waals surface area contributed by atoms with E-state index in [1.165, 1.54) is 0 Å². The van der Waals surface area contributed by atoms with Crippen LogP contribution in [0.25, 0.3) is 0 Å². The number of hydrogen-bond acceptors (Lipinski definition) is 2. The van der Waals surface area contributed by atoms with E-state index in [2.05, 4.69) is 21.1 Å². The van der Waals surface area contributed by atoms with Crippen LogP contribution in [0.5, 0.6) is 0 Å². The van der Waals surface area contributed by atoms with E-state index in [-0.39, 0.29) is 0 Å². The molecule has 0 aliphatic rings. The lowest BCUT2D eigenvalue weighted by Gasteiger charge is -2.02. The molecule has 0 spiro atoms. The largest absolute Gasteiger partial charge is 0.411 e. The average molecular weight is 228 g/mol. The van der Waals surface area contributed by atoms with Crippen LogP contribution in [0.2, 0.25) is 0 Å². The zero-order valence-electron chi connectivity index (χ0n) is 7.00. The highest BCUT2D eigenvalue weighted by atomic mass is 79.9. The molecule has 0 amide bonds. The second kappa shape index (κ2) is 3.72. The van der Waals surface area contributed by atoms with Gasteiger partial charge in [-0.2, -0.15) is 0 Å². The number of rotatable bonds is 1. The molecule has 0 fully saturated rings. The van der Waals surface area contributed by atoms with E-state index < -0.39 is 0 Å². The topological polar surface area (TPSA) is 32.6 Å². The molecule has 0 aromatic heterocycles. The summed E-state index contributed by atoms with van der Waals surface area (Å²) in [5.74, 6) is 0. The maximum atomic E-state index is 8.57. The smallest absolute Gasteiger partial charge is 0.0848 e. The molecule has 0 unspecified atom stereocenters. The monoisotopic (exact) mass is 227 g/mol. The Morgan fingerprint density at radius 1 is 1.50 bits per heavy atom. The highest BCUT2D eigenvalue weighted by Crippen LogP contribution is 2.18. The first kappa shape index (κ1) is 9.26. The van der Waals surface area contributed by atoms with Gasteiger partial charge in [-0.05, 0) is 26.0 Å². The SMILES string of the molecule is CC(=NO)c1cc(C)ccc1Br. The maximum Gasteiger partial charge on any atom is 0.0848 e. The molecular formula is C9H10BrNO. The van der Waals surface area contributed by atoms with Crippen molar-refractivity contribution >= 4 is 21.6 Å². The van der Waals surface area contributed by atoms with Crippen LogP contribution < -0.4 is 0 Å². The van der Waals surface area contributed by atoms with Crippen LogP contribution in [0, 0.1) is 6.92 Å². The van der Waals surface area contributed by atoms with Crippen LogP contribution in [0.15, 0.2) is 27.8 Å². The molecule has 0 aliphatic carbocycles. The van der Waals surface area contributed by atoms with Crippen molar-refractivity contribution in [3.63, 3.8) is 0 Å². The van der Waals surface area contributed by atoms with Gasteiger partial charge in [0, 0.05) is 10.0 Å². The van der Waals surface area contributed by atoms with E-state index in [1.807, 2.05) is 25.1 Å². The molecule has 0 heterocycles. The predicted octanol–water partition coefficient (Wildman–Crippen LogP) is 2.96. The standard InChI is InChI=1S/C9H10BrNO/c1-6-3-4-9(10)8(5-6)7(2)11-12/h3-5,12H,1-2H3. The lowest BCUT2D eigenvalue weighted by Crippen LogP contribution is -1.96. The Kier molecular flexibility index (Phi) is 2.87. The Morgan fingerprint density at radius 2 is 2.17 bits per heavy atom. The van der Waals surface area contributed by atoms with E-state index >= 15 is 0 Å². The molecule has 1 N–H and O–H groups in total. The Balaban J connectivity index is 3.23. The summed E-state index contributed by atoms with van der Waals surface area (Å²) in [7, 11) is 0. The van der Waals surface area contributed by atoms with Gasteiger partial charge in [0.05, 0.1) is 5.71 Å². The molecule has 1 aromatic carbocycles. The van der Waals surface area contributed by atoms with Crippen molar-refractivity contribution < 1.29 is 5.21 Å². The quantitative estimate of drug-likeness (QED) is 0.447. The number of hydrogen-bond donors (Lipinski definition) is 1. The molecule has 1 aromatic rings. The van der Waals surface area contributed by atoms with E-state index in [0.29, 0.717) is 5.71 Å². The van der Waals surface area contributed by atoms with Crippen LogP contribution in [-0.2, 0) is 0 Å². The highest BCUT2D eigenvalue weighted by molar-refractivity contribution is 9.10. The summed E-state index contributed by atoms with van der Waals surface area (Å²) in [4.78, 5) is 0. The van der Waals surface area contributed by atoms with Gasteiger partial charge in [0.15, 0.2) is 0 Å². The van der Waals surface area contributed by atoms with E-state index in [9.17, 15) is 0 Å². The van der Waals surface area contributed by atoms with Gasteiger partial charge in [0.25, 0.3) is 0 Å². The summed E-state index contributed by atoms with van der Waals surface area (Å²) in [6.07, 6.45) is 0. The van der Waals surface area contributed by atoms with Crippen LogP contribution >= 0.6 is 15.9 Å².